The van der Waals surface area contributed by atoms with E-state index in [2.05, 4.69) is 10.3 Å². The number of amides is 1. The van der Waals surface area contributed by atoms with E-state index in [1.807, 2.05) is 0 Å². The maximum absolute atomic E-state index is 12.1. The summed E-state index contributed by atoms with van der Waals surface area (Å²) in [5.41, 5.74) is 0. The molecule has 0 aromatic carbocycles. The van der Waals surface area contributed by atoms with Crippen LogP contribution in [0.5, 0.6) is 5.88 Å². The standard InChI is InChI=1S/C18H25ClN2O2/c19-14-5-10-18(20-12-14)23-16-8-6-15(7-9-16)21-17(22)11-13-3-1-2-4-13/h5,10,12-13,15-16H,1-4,6-9,11H2,(H,21,22). The van der Waals surface area contributed by atoms with Crippen LogP contribution in [0.3, 0.4) is 0 Å². The Bertz CT molecular complexity index is 506. The summed E-state index contributed by atoms with van der Waals surface area (Å²) in [5, 5.41) is 3.83. The number of rotatable bonds is 5. The summed E-state index contributed by atoms with van der Waals surface area (Å²) < 4.78 is 5.89. The van der Waals surface area contributed by atoms with Crippen molar-refractivity contribution in [2.45, 2.75) is 69.9 Å². The Morgan fingerprint density at radius 3 is 2.57 bits per heavy atom. The highest BCUT2D eigenvalue weighted by atomic mass is 35.5. The maximum atomic E-state index is 12.1. The Morgan fingerprint density at radius 2 is 1.91 bits per heavy atom. The van der Waals surface area contributed by atoms with Gasteiger partial charge in [-0.15, -0.1) is 0 Å². The number of ether oxygens (including phenoxy) is 1. The highest BCUT2D eigenvalue weighted by molar-refractivity contribution is 6.30. The molecule has 4 nitrogen and oxygen atoms in total. The Kier molecular flexibility index (Phi) is 5.76. The van der Waals surface area contributed by atoms with Crippen LogP contribution < -0.4 is 10.1 Å². The van der Waals surface area contributed by atoms with Gasteiger partial charge in [0.25, 0.3) is 0 Å². The smallest absolute Gasteiger partial charge is 0.220 e. The molecule has 0 bridgehead atoms. The van der Waals surface area contributed by atoms with Crippen molar-refractivity contribution in [3.63, 3.8) is 0 Å². The van der Waals surface area contributed by atoms with E-state index >= 15 is 0 Å². The fourth-order valence-electron chi connectivity index (χ4n) is 3.69. The minimum atomic E-state index is 0.187. The lowest BCUT2D eigenvalue weighted by molar-refractivity contribution is -0.123. The third-order valence-corrected chi connectivity index (χ3v) is 5.20. The average Bonchev–Trinajstić information content (AvgIpc) is 3.04. The van der Waals surface area contributed by atoms with Crippen LogP contribution in [0.2, 0.25) is 5.02 Å². The first-order valence-corrected chi connectivity index (χ1v) is 9.14. The molecule has 126 valence electrons. The lowest BCUT2D eigenvalue weighted by Crippen LogP contribution is -2.40. The number of hydrogen-bond donors (Lipinski definition) is 1. The molecule has 0 radical (unpaired) electrons. The van der Waals surface area contributed by atoms with E-state index in [4.69, 9.17) is 16.3 Å². The van der Waals surface area contributed by atoms with Crippen LogP contribution in [0.1, 0.15) is 57.8 Å². The predicted molar refractivity (Wildman–Crippen MR) is 90.6 cm³/mol. The van der Waals surface area contributed by atoms with Gasteiger partial charge in [-0.3, -0.25) is 4.79 Å². The molecule has 1 amide bonds. The lowest BCUT2D eigenvalue weighted by Gasteiger charge is -2.29. The SMILES string of the molecule is O=C(CC1CCCC1)NC1CCC(Oc2ccc(Cl)cn2)CC1. The normalized spacial score (nSPS) is 25.3. The van der Waals surface area contributed by atoms with Gasteiger partial charge in [0.2, 0.25) is 11.8 Å². The second-order valence-corrected chi connectivity index (χ2v) is 7.26. The molecule has 23 heavy (non-hydrogen) atoms. The van der Waals surface area contributed by atoms with E-state index in [0.717, 1.165) is 25.7 Å². The Labute approximate surface area is 143 Å². The van der Waals surface area contributed by atoms with Crippen molar-refractivity contribution >= 4 is 17.5 Å². The van der Waals surface area contributed by atoms with Crippen LogP contribution in [0.4, 0.5) is 0 Å². The molecule has 1 heterocycles. The van der Waals surface area contributed by atoms with Gasteiger partial charge in [0.15, 0.2) is 0 Å². The van der Waals surface area contributed by atoms with Crippen molar-refractivity contribution in [2.24, 2.45) is 5.92 Å². The Morgan fingerprint density at radius 1 is 1.17 bits per heavy atom. The molecular weight excluding hydrogens is 312 g/mol. The van der Waals surface area contributed by atoms with Crippen molar-refractivity contribution in [1.29, 1.82) is 0 Å². The first kappa shape index (κ1) is 16.6. The summed E-state index contributed by atoms with van der Waals surface area (Å²) in [6.45, 7) is 0. The second-order valence-electron chi connectivity index (χ2n) is 6.83. The molecule has 0 aliphatic heterocycles. The average molecular weight is 337 g/mol. The summed E-state index contributed by atoms with van der Waals surface area (Å²) >= 11 is 5.82. The van der Waals surface area contributed by atoms with Gasteiger partial charge in [0.05, 0.1) is 5.02 Å². The lowest BCUT2D eigenvalue weighted by atomic mass is 9.92. The molecule has 1 N–H and O–H groups in total. The van der Waals surface area contributed by atoms with Gasteiger partial charge in [0.1, 0.15) is 6.10 Å². The zero-order valence-corrected chi connectivity index (χ0v) is 14.2. The van der Waals surface area contributed by atoms with Crippen LogP contribution in [0, 0.1) is 5.92 Å². The summed E-state index contributed by atoms with van der Waals surface area (Å²) in [7, 11) is 0. The number of pyridine rings is 1. The Balaban J connectivity index is 1.37. The van der Waals surface area contributed by atoms with E-state index in [-0.39, 0.29) is 12.0 Å². The molecular formula is C18H25ClN2O2. The van der Waals surface area contributed by atoms with Gasteiger partial charge in [-0.05, 0) is 50.5 Å². The van der Waals surface area contributed by atoms with Crippen molar-refractivity contribution in [1.82, 2.24) is 10.3 Å². The zero-order chi connectivity index (χ0) is 16.1. The maximum Gasteiger partial charge on any atom is 0.220 e. The number of halogens is 1. The van der Waals surface area contributed by atoms with Crippen molar-refractivity contribution in [3.8, 4) is 5.88 Å². The third-order valence-electron chi connectivity index (χ3n) is 4.98. The molecule has 2 aliphatic carbocycles. The van der Waals surface area contributed by atoms with Gasteiger partial charge in [0, 0.05) is 24.7 Å². The molecule has 5 heteroatoms. The van der Waals surface area contributed by atoms with Crippen LogP contribution in [-0.2, 0) is 4.79 Å². The number of hydrogen-bond acceptors (Lipinski definition) is 3. The summed E-state index contributed by atoms with van der Waals surface area (Å²) in [4.78, 5) is 16.3. The largest absolute Gasteiger partial charge is 0.474 e. The minimum Gasteiger partial charge on any atom is -0.474 e. The highest BCUT2D eigenvalue weighted by Gasteiger charge is 2.25. The fraction of sp³-hybridized carbons (Fsp3) is 0.667. The van der Waals surface area contributed by atoms with Crippen LogP contribution >= 0.6 is 11.6 Å². The molecule has 0 spiro atoms. The summed E-state index contributed by atoms with van der Waals surface area (Å²) in [6, 6.07) is 3.90. The molecule has 2 saturated carbocycles. The van der Waals surface area contributed by atoms with Gasteiger partial charge in [-0.25, -0.2) is 4.98 Å². The summed E-state index contributed by atoms with van der Waals surface area (Å²) in [6.07, 6.45) is 11.4. The predicted octanol–water partition coefficient (Wildman–Crippen LogP) is 4.12. The Hall–Kier alpha value is -1.29. The number of aromatic nitrogens is 1. The molecule has 1 aromatic rings. The second kappa shape index (κ2) is 8.00. The molecule has 0 saturated heterocycles. The third kappa shape index (κ3) is 5.10. The molecule has 2 aliphatic rings. The zero-order valence-electron chi connectivity index (χ0n) is 13.5. The van der Waals surface area contributed by atoms with Crippen molar-refractivity contribution in [2.75, 3.05) is 0 Å². The minimum absolute atomic E-state index is 0.187. The first-order valence-electron chi connectivity index (χ1n) is 8.76. The van der Waals surface area contributed by atoms with Crippen LogP contribution in [-0.4, -0.2) is 23.0 Å². The van der Waals surface area contributed by atoms with E-state index in [0.29, 0.717) is 29.3 Å². The van der Waals surface area contributed by atoms with Crippen LogP contribution in [0.25, 0.3) is 0 Å². The van der Waals surface area contributed by atoms with Crippen LogP contribution in [0.15, 0.2) is 18.3 Å². The number of nitrogens with one attached hydrogen (secondary N) is 1. The number of nitrogens with zero attached hydrogens (tertiary/aromatic N) is 1. The van der Waals surface area contributed by atoms with Gasteiger partial charge in [-0.2, -0.15) is 0 Å². The highest BCUT2D eigenvalue weighted by Crippen LogP contribution is 2.28. The van der Waals surface area contributed by atoms with E-state index in [9.17, 15) is 4.79 Å². The topological polar surface area (TPSA) is 51.2 Å². The first-order chi connectivity index (χ1) is 11.2. The van der Waals surface area contributed by atoms with E-state index < -0.39 is 0 Å². The van der Waals surface area contributed by atoms with Gasteiger partial charge < -0.3 is 10.1 Å². The number of carbonyl (C=O) groups excluding carboxylic acids is 1. The quantitative estimate of drug-likeness (QED) is 0.879. The van der Waals surface area contributed by atoms with E-state index in [1.165, 1.54) is 25.7 Å². The van der Waals surface area contributed by atoms with Gasteiger partial charge in [-0.1, -0.05) is 24.4 Å². The fourth-order valence-corrected chi connectivity index (χ4v) is 3.80. The van der Waals surface area contributed by atoms with E-state index in [1.54, 1.807) is 18.3 Å². The van der Waals surface area contributed by atoms with Crippen molar-refractivity contribution < 1.29 is 9.53 Å². The molecule has 2 fully saturated rings. The van der Waals surface area contributed by atoms with Crippen molar-refractivity contribution in [3.05, 3.63) is 23.4 Å². The molecule has 1 aromatic heterocycles. The molecule has 0 unspecified atom stereocenters. The monoisotopic (exact) mass is 336 g/mol. The van der Waals surface area contributed by atoms with Gasteiger partial charge >= 0.3 is 0 Å². The number of carbonyl (C=O) groups is 1. The molecule has 0 atom stereocenters. The summed E-state index contributed by atoms with van der Waals surface area (Å²) in [5.74, 6) is 1.48. The molecule has 3 rings (SSSR count).